The summed E-state index contributed by atoms with van der Waals surface area (Å²) in [6, 6.07) is 5.75. The molecule has 0 saturated carbocycles. The summed E-state index contributed by atoms with van der Waals surface area (Å²) in [5.74, 6) is 0.881. The van der Waals surface area contributed by atoms with Crippen LogP contribution in [0.3, 0.4) is 0 Å². The van der Waals surface area contributed by atoms with Gasteiger partial charge in [0, 0.05) is 23.0 Å². The number of piperidine rings is 1. The van der Waals surface area contributed by atoms with Gasteiger partial charge in [-0.25, -0.2) is 9.50 Å². The summed E-state index contributed by atoms with van der Waals surface area (Å²) in [6.07, 6.45) is 7.72. The molecular formula is C18H19ClN4O. The van der Waals surface area contributed by atoms with Gasteiger partial charge in [-0.2, -0.15) is 5.10 Å². The minimum absolute atomic E-state index is 0.222. The van der Waals surface area contributed by atoms with Gasteiger partial charge < -0.3 is 10.1 Å². The van der Waals surface area contributed by atoms with E-state index in [1.54, 1.807) is 10.7 Å². The molecule has 2 aromatic heterocycles. The predicted octanol–water partition coefficient (Wildman–Crippen LogP) is 3.49. The Morgan fingerprint density at radius 1 is 1.25 bits per heavy atom. The molecule has 0 radical (unpaired) electrons. The maximum Gasteiger partial charge on any atom is 0.162 e. The van der Waals surface area contributed by atoms with Crippen molar-refractivity contribution in [2.45, 2.75) is 25.9 Å². The van der Waals surface area contributed by atoms with Gasteiger partial charge in [-0.05, 0) is 56.6 Å². The molecule has 0 atom stereocenters. The summed E-state index contributed by atoms with van der Waals surface area (Å²) in [5, 5.41) is 8.44. The van der Waals surface area contributed by atoms with Crippen molar-refractivity contribution < 1.29 is 4.74 Å². The van der Waals surface area contributed by atoms with Crippen molar-refractivity contribution in [1.29, 1.82) is 0 Å². The van der Waals surface area contributed by atoms with Crippen molar-refractivity contribution in [3.8, 4) is 16.9 Å². The fourth-order valence-electron chi connectivity index (χ4n) is 3.18. The van der Waals surface area contributed by atoms with Crippen LogP contribution >= 0.6 is 11.6 Å². The zero-order valence-electron chi connectivity index (χ0n) is 13.5. The molecule has 1 fully saturated rings. The van der Waals surface area contributed by atoms with Crippen molar-refractivity contribution in [2.24, 2.45) is 0 Å². The highest BCUT2D eigenvalue weighted by atomic mass is 35.5. The number of halogens is 1. The lowest BCUT2D eigenvalue weighted by molar-refractivity contribution is 0.162. The third-order valence-corrected chi connectivity index (χ3v) is 4.60. The van der Waals surface area contributed by atoms with E-state index in [-0.39, 0.29) is 6.10 Å². The van der Waals surface area contributed by atoms with Gasteiger partial charge in [0.15, 0.2) is 5.65 Å². The van der Waals surface area contributed by atoms with Crippen molar-refractivity contribution in [2.75, 3.05) is 13.1 Å². The molecule has 1 aliphatic heterocycles. The fraction of sp³-hybridized carbons (Fsp3) is 0.333. The third-order valence-electron chi connectivity index (χ3n) is 4.38. The number of nitrogens with one attached hydrogen (secondary N) is 1. The van der Waals surface area contributed by atoms with Crippen molar-refractivity contribution >= 4 is 17.2 Å². The zero-order chi connectivity index (χ0) is 16.5. The van der Waals surface area contributed by atoms with Crippen LogP contribution in [0.1, 0.15) is 18.4 Å². The van der Waals surface area contributed by atoms with Gasteiger partial charge >= 0.3 is 0 Å². The molecule has 1 aliphatic rings. The number of hydrogen-bond acceptors (Lipinski definition) is 4. The molecule has 3 aromatic rings. The Morgan fingerprint density at radius 3 is 2.92 bits per heavy atom. The van der Waals surface area contributed by atoms with E-state index in [9.17, 15) is 0 Å². The van der Waals surface area contributed by atoms with E-state index < -0.39 is 0 Å². The molecule has 24 heavy (non-hydrogen) atoms. The lowest BCUT2D eigenvalue weighted by atomic mass is 10.0. The minimum Gasteiger partial charge on any atom is -0.489 e. The normalized spacial score (nSPS) is 15.8. The highest BCUT2D eigenvalue weighted by Gasteiger charge is 2.21. The van der Waals surface area contributed by atoms with Crippen molar-refractivity contribution in [3.63, 3.8) is 0 Å². The maximum atomic E-state index is 6.38. The van der Waals surface area contributed by atoms with E-state index in [0.29, 0.717) is 5.02 Å². The van der Waals surface area contributed by atoms with Gasteiger partial charge in [-0.3, -0.25) is 0 Å². The Kier molecular flexibility index (Phi) is 4.12. The van der Waals surface area contributed by atoms with Gasteiger partial charge in [0.25, 0.3) is 0 Å². The molecule has 1 N–H and O–H groups in total. The van der Waals surface area contributed by atoms with Crippen LogP contribution in [0.15, 0.2) is 36.8 Å². The standard InChI is InChI=1S/C18H19ClN4O/c1-12-9-13(19)10-15(17(12)24-14-3-6-20-7-4-14)16-11-22-23-8-2-5-21-18(16)23/h2,5,8-11,14,20H,3-4,6-7H2,1H3. The van der Waals surface area contributed by atoms with Crippen molar-refractivity contribution in [3.05, 3.63) is 47.4 Å². The summed E-state index contributed by atoms with van der Waals surface area (Å²) in [7, 11) is 0. The number of ether oxygens (including phenoxy) is 1. The average Bonchev–Trinajstić information content (AvgIpc) is 3.02. The molecule has 4 rings (SSSR count). The third kappa shape index (κ3) is 2.85. The fourth-order valence-corrected chi connectivity index (χ4v) is 3.46. The van der Waals surface area contributed by atoms with Crippen LogP contribution in [0.2, 0.25) is 5.02 Å². The summed E-state index contributed by atoms with van der Waals surface area (Å²) >= 11 is 6.32. The van der Waals surface area contributed by atoms with Crippen LogP contribution in [-0.4, -0.2) is 33.8 Å². The quantitative estimate of drug-likeness (QED) is 0.791. The van der Waals surface area contributed by atoms with Crippen LogP contribution < -0.4 is 10.1 Å². The van der Waals surface area contributed by atoms with Crippen LogP contribution in [0.5, 0.6) is 5.75 Å². The summed E-state index contributed by atoms with van der Waals surface area (Å²) in [6.45, 7) is 4.01. The first kappa shape index (κ1) is 15.4. The van der Waals surface area contributed by atoms with E-state index in [2.05, 4.69) is 15.4 Å². The molecule has 0 unspecified atom stereocenters. The first-order chi connectivity index (χ1) is 11.7. The Hall–Kier alpha value is -2.11. The highest BCUT2D eigenvalue weighted by Crippen LogP contribution is 2.38. The molecule has 3 heterocycles. The highest BCUT2D eigenvalue weighted by molar-refractivity contribution is 6.31. The summed E-state index contributed by atoms with van der Waals surface area (Å²) in [5.41, 5.74) is 3.72. The molecular weight excluding hydrogens is 324 g/mol. The van der Waals surface area contributed by atoms with Crippen molar-refractivity contribution in [1.82, 2.24) is 19.9 Å². The SMILES string of the molecule is Cc1cc(Cl)cc(-c2cnn3cccnc23)c1OC1CCNCC1. The molecule has 5 nitrogen and oxygen atoms in total. The molecule has 6 heteroatoms. The van der Waals surface area contributed by atoms with E-state index >= 15 is 0 Å². The Balaban J connectivity index is 1.81. The summed E-state index contributed by atoms with van der Waals surface area (Å²) in [4.78, 5) is 4.46. The van der Waals surface area contributed by atoms with Gasteiger partial charge in [-0.15, -0.1) is 0 Å². The van der Waals surface area contributed by atoms with Gasteiger partial charge in [-0.1, -0.05) is 11.6 Å². The minimum atomic E-state index is 0.222. The van der Waals surface area contributed by atoms with Crippen LogP contribution in [-0.2, 0) is 0 Å². The van der Waals surface area contributed by atoms with Gasteiger partial charge in [0.05, 0.1) is 11.8 Å². The first-order valence-electron chi connectivity index (χ1n) is 8.18. The number of hydrogen-bond donors (Lipinski definition) is 1. The number of fused-ring (bicyclic) bond motifs is 1. The lowest BCUT2D eigenvalue weighted by Gasteiger charge is -2.26. The van der Waals surface area contributed by atoms with Gasteiger partial charge in [0.2, 0.25) is 0 Å². The van der Waals surface area contributed by atoms with Crippen LogP contribution in [0, 0.1) is 6.92 Å². The number of aryl methyl sites for hydroxylation is 1. The topological polar surface area (TPSA) is 51.5 Å². The van der Waals surface area contributed by atoms with E-state index in [4.69, 9.17) is 16.3 Å². The first-order valence-corrected chi connectivity index (χ1v) is 8.56. The molecule has 0 bridgehead atoms. The van der Waals surface area contributed by atoms with E-state index in [0.717, 1.165) is 54.0 Å². The number of nitrogens with zero attached hydrogens (tertiary/aromatic N) is 3. The Morgan fingerprint density at radius 2 is 2.08 bits per heavy atom. The van der Waals surface area contributed by atoms with Crippen LogP contribution in [0.4, 0.5) is 0 Å². The zero-order valence-corrected chi connectivity index (χ0v) is 14.3. The number of aromatic nitrogens is 3. The molecule has 0 amide bonds. The largest absolute Gasteiger partial charge is 0.489 e. The van der Waals surface area contributed by atoms with Crippen LogP contribution in [0.25, 0.3) is 16.8 Å². The second kappa shape index (κ2) is 6.42. The smallest absolute Gasteiger partial charge is 0.162 e. The second-order valence-electron chi connectivity index (χ2n) is 6.11. The number of rotatable bonds is 3. The van der Waals surface area contributed by atoms with E-state index in [1.165, 1.54) is 0 Å². The molecule has 1 saturated heterocycles. The monoisotopic (exact) mass is 342 g/mol. The second-order valence-corrected chi connectivity index (χ2v) is 6.55. The molecule has 0 spiro atoms. The molecule has 0 aliphatic carbocycles. The Labute approximate surface area is 145 Å². The lowest BCUT2D eigenvalue weighted by Crippen LogP contribution is -2.34. The number of benzene rings is 1. The molecule has 124 valence electrons. The predicted molar refractivity (Wildman–Crippen MR) is 94.7 cm³/mol. The average molecular weight is 343 g/mol. The van der Waals surface area contributed by atoms with Gasteiger partial charge in [0.1, 0.15) is 11.9 Å². The summed E-state index contributed by atoms with van der Waals surface area (Å²) < 4.78 is 8.15. The van der Waals surface area contributed by atoms with E-state index in [1.807, 2.05) is 37.5 Å². The maximum absolute atomic E-state index is 6.38. The Bertz CT molecular complexity index is 871. The molecule has 1 aromatic carbocycles.